The maximum Gasteiger partial charge on any atom is 0.0929 e. The molecule has 0 radical (unpaired) electrons. The molecule has 4 heteroatoms. The van der Waals surface area contributed by atoms with Gasteiger partial charge in [0.1, 0.15) is 0 Å². The minimum Gasteiger partial charge on any atom is -0.390 e. The van der Waals surface area contributed by atoms with Crippen LogP contribution in [0.15, 0.2) is 24.3 Å². The summed E-state index contributed by atoms with van der Waals surface area (Å²) in [7, 11) is 0. The van der Waals surface area contributed by atoms with E-state index >= 15 is 0 Å². The molecule has 0 aliphatic heterocycles. The molecule has 1 N–H and O–H groups in total. The summed E-state index contributed by atoms with van der Waals surface area (Å²) < 4.78 is 1.66. The zero-order valence-electron chi connectivity index (χ0n) is 8.81. The fraction of sp³-hybridized carbons (Fsp3) is 0.273. The Hall–Kier alpha value is -1.68. The molecular formula is C11H13N3O. The lowest BCUT2D eigenvalue weighted by Crippen LogP contribution is -2.02. The molecule has 15 heavy (non-hydrogen) atoms. The molecule has 78 valence electrons. The lowest BCUT2D eigenvalue weighted by atomic mass is 10.2. The van der Waals surface area contributed by atoms with E-state index in [1.807, 2.05) is 38.1 Å². The maximum atomic E-state index is 9.20. The van der Waals surface area contributed by atoms with Crippen LogP contribution in [0, 0.1) is 13.8 Å². The van der Waals surface area contributed by atoms with Gasteiger partial charge in [-0.05, 0) is 26.0 Å². The van der Waals surface area contributed by atoms with Gasteiger partial charge in [-0.25, -0.2) is 4.68 Å². The van der Waals surface area contributed by atoms with E-state index in [1.165, 1.54) is 5.56 Å². The van der Waals surface area contributed by atoms with Crippen LogP contribution in [-0.4, -0.2) is 20.1 Å². The molecule has 0 saturated heterocycles. The number of rotatable bonds is 2. The lowest BCUT2D eigenvalue weighted by Gasteiger charge is -2.04. The van der Waals surface area contributed by atoms with Crippen molar-refractivity contribution in [2.45, 2.75) is 20.5 Å². The van der Waals surface area contributed by atoms with Crippen LogP contribution in [0.2, 0.25) is 0 Å². The summed E-state index contributed by atoms with van der Waals surface area (Å²) in [6, 6.07) is 7.94. The first-order chi connectivity index (χ1) is 7.22. The van der Waals surface area contributed by atoms with Crippen LogP contribution in [-0.2, 0) is 6.61 Å². The van der Waals surface area contributed by atoms with Gasteiger partial charge >= 0.3 is 0 Å². The summed E-state index contributed by atoms with van der Waals surface area (Å²) in [4.78, 5) is 0. The molecular weight excluding hydrogens is 190 g/mol. The molecule has 0 aliphatic rings. The van der Waals surface area contributed by atoms with Gasteiger partial charge < -0.3 is 5.11 Å². The van der Waals surface area contributed by atoms with Crippen molar-refractivity contribution in [2.75, 3.05) is 0 Å². The molecule has 2 rings (SSSR count). The molecule has 0 saturated carbocycles. The van der Waals surface area contributed by atoms with E-state index in [9.17, 15) is 5.11 Å². The number of aliphatic hydroxyl groups is 1. The summed E-state index contributed by atoms with van der Waals surface area (Å²) in [5.74, 6) is 0. The normalized spacial score (nSPS) is 10.6. The second-order valence-electron chi connectivity index (χ2n) is 3.53. The molecule has 0 spiro atoms. The van der Waals surface area contributed by atoms with Crippen molar-refractivity contribution in [3.63, 3.8) is 0 Å². The van der Waals surface area contributed by atoms with Crippen LogP contribution in [0.4, 0.5) is 0 Å². The molecule has 0 amide bonds. The Bertz CT molecular complexity index is 459. The van der Waals surface area contributed by atoms with E-state index in [2.05, 4.69) is 10.3 Å². The smallest absolute Gasteiger partial charge is 0.0929 e. The van der Waals surface area contributed by atoms with Gasteiger partial charge in [-0.2, -0.15) is 0 Å². The molecule has 1 aromatic heterocycles. The fourth-order valence-corrected chi connectivity index (χ4v) is 1.45. The second kappa shape index (κ2) is 3.82. The van der Waals surface area contributed by atoms with E-state index in [0.717, 1.165) is 17.1 Å². The van der Waals surface area contributed by atoms with Gasteiger partial charge in [-0.15, -0.1) is 5.10 Å². The molecule has 0 aliphatic carbocycles. The van der Waals surface area contributed by atoms with Crippen LogP contribution in [0.3, 0.4) is 0 Å². The van der Waals surface area contributed by atoms with Crippen molar-refractivity contribution in [3.05, 3.63) is 41.2 Å². The Kier molecular flexibility index (Phi) is 2.51. The SMILES string of the molecule is Cc1ccc(-n2nnc(C)c2CO)cc1. The number of aliphatic hydroxyl groups excluding tert-OH is 1. The Morgan fingerprint density at radius 1 is 1.20 bits per heavy atom. The van der Waals surface area contributed by atoms with Gasteiger partial charge in [-0.1, -0.05) is 22.9 Å². The maximum absolute atomic E-state index is 9.20. The van der Waals surface area contributed by atoms with Crippen LogP contribution in [0.25, 0.3) is 5.69 Å². The summed E-state index contributed by atoms with van der Waals surface area (Å²) in [5.41, 5.74) is 3.61. The minimum atomic E-state index is -0.0489. The largest absolute Gasteiger partial charge is 0.390 e. The molecule has 0 unspecified atom stereocenters. The zero-order chi connectivity index (χ0) is 10.8. The van der Waals surface area contributed by atoms with Crippen LogP contribution in [0.1, 0.15) is 17.0 Å². The van der Waals surface area contributed by atoms with Crippen molar-refractivity contribution in [3.8, 4) is 5.69 Å². The third-order valence-electron chi connectivity index (χ3n) is 2.39. The molecule has 4 nitrogen and oxygen atoms in total. The van der Waals surface area contributed by atoms with E-state index in [0.29, 0.717) is 0 Å². The highest BCUT2D eigenvalue weighted by Gasteiger charge is 2.08. The third-order valence-corrected chi connectivity index (χ3v) is 2.39. The van der Waals surface area contributed by atoms with Crippen molar-refractivity contribution in [2.24, 2.45) is 0 Å². The molecule has 1 heterocycles. The van der Waals surface area contributed by atoms with Crippen LogP contribution >= 0.6 is 0 Å². The van der Waals surface area contributed by atoms with Gasteiger partial charge in [0.25, 0.3) is 0 Å². The average Bonchev–Trinajstić information content (AvgIpc) is 2.61. The summed E-state index contributed by atoms with van der Waals surface area (Å²) in [6.07, 6.45) is 0. The molecule has 0 fully saturated rings. The first-order valence-corrected chi connectivity index (χ1v) is 4.81. The third kappa shape index (κ3) is 1.76. The Labute approximate surface area is 88.2 Å². The summed E-state index contributed by atoms with van der Waals surface area (Å²) in [6.45, 7) is 3.82. The van der Waals surface area contributed by atoms with E-state index in [-0.39, 0.29) is 6.61 Å². The predicted molar refractivity (Wildman–Crippen MR) is 56.8 cm³/mol. The number of hydrogen-bond acceptors (Lipinski definition) is 3. The average molecular weight is 203 g/mol. The Balaban J connectivity index is 2.49. The van der Waals surface area contributed by atoms with Gasteiger partial charge in [0.2, 0.25) is 0 Å². The quantitative estimate of drug-likeness (QED) is 0.802. The van der Waals surface area contributed by atoms with Crippen molar-refractivity contribution >= 4 is 0 Å². The summed E-state index contributed by atoms with van der Waals surface area (Å²) in [5, 5.41) is 17.1. The van der Waals surface area contributed by atoms with Gasteiger partial charge in [0.05, 0.1) is 23.7 Å². The van der Waals surface area contributed by atoms with Crippen molar-refractivity contribution in [1.29, 1.82) is 0 Å². The van der Waals surface area contributed by atoms with Gasteiger partial charge in [0.15, 0.2) is 0 Å². The number of hydrogen-bond donors (Lipinski definition) is 1. The highest BCUT2D eigenvalue weighted by atomic mass is 16.3. The first-order valence-electron chi connectivity index (χ1n) is 4.81. The fourth-order valence-electron chi connectivity index (χ4n) is 1.45. The van der Waals surface area contributed by atoms with Crippen LogP contribution in [0.5, 0.6) is 0 Å². The van der Waals surface area contributed by atoms with Crippen LogP contribution < -0.4 is 0 Å². The number of aromatic nitrogens is 3. The highest BCUT2D eigenvalue weighted by Crippen LogP contribution is 2.13. The lowest BCUT2D eigenvalue weighted by molar-refractivity contribution is 0.272. The van der Waals surface area contributed by atoms with E-state index in [1.54, 1.807) is 4.68 Å². The monoisotopic (exact) mass is 203 g/mol. The van der Waals surface area contributed by atoms with E-state index in [4.69, 9.17) is 0 Å². The Morgan fingerprint density at radius 3 is 2.47 bits per heavy atom. The highest BCUT2D eigenvalue weighted by molar-refractivity contribution is 5.35. The first kappa shape index (κ1) is 9.86. The van der Waals surface area contributed by atoms with Crippen molar-refractivity contribution in [1.82, 2.24) is 15.0 Å². The predicted octanol–water partition coefficient (Wildman–Crippen LogP) is 1.38. The number of nitrogens with zero attached hydrogens (tertiary/aromatic N) is 3. The molecule has 0 bridgehead atoms. The minimum absolute atomic E-state index is 0.0489. The molecule has 1 aromatic carbocycles. The summed E-state index contributed by atoms with van der Waals surface area (Å²) >= 11 is 0. The molecule has 2 aromatic rings. The topological polar surface area (TPSA) is 50.9 Å². The standard InChI is InChI=1S/C11H13N3O/c1-8-3-5-10(6-4-8)14-11(7-15)9(2)12-13-14/h3-6,15H,7H2,1-2H3. The number of benzene rings is 1. The second-order valence-corrected chi connectivity index (χ2v) is 3.53. The molecule has 0 atom stereocenters. The van der Waals surface area contributed by atoms with Crippen molar-refractivity contribution < 1.29 is 5.11 Å². The Morgan fingerprint density at radius 2 is 1.87 bits per heavy atom. The van der Waals surface area contributed by atoms with E-state index < -0.39 is 0 Å². The zero-order valence-corrected chi connectivity index (χ0v) is 8.81. The van der Waals surface area contributed by atoms with Gasteiger partial charge in [-0.3, -0.25) is 0 Å². The van der Waals surface area contributed by atoms with Gasteiger partial charge in [0, 0.05) is 0 Å². The number of aryl methyl sites for hydroxylation is 2.